The number of amides is 1. The molecule has 0 heterocycles. The summed E-state index contributed by atoms with van der Waals surface area (Å²) < 4.78 is 5.23. The predicted molar refractivity (Wildman–Crippen MR) is 110 cm³/mol. The fourth-order valence-corrected chi connectivity index (χ4v) is 2.67. The molecule has 0 fully saturated rings. The number of hydrogen-bond acceptors (Lipinski definition) is 2. The Labute approximate surface area is 160 Å². The van der Waals surface area contributed by atoms with E-state index in [1.807, 2.05) is 67.6 Å². The summed E-state index contributed by atoms with van der Waals surface area (Å²) >= 11 is 0. The lowest BCUT2D eigenvalue weighted by atomic mass is 10.0. The first-order valence-corrected chi connectivity index (χ1v) is 9.01. The Hall–Kier alpha value is -3.33. The molecule has 136 valence electrons. The zero-order valence-corrected chi connectivity index (χ0v) is 15.3. The van der Waals surface area contributed by atoms with Gasteiger partial charge >= 0.3 is 6.09 Å². The molecule has 0 spiro atoms. The van der Waals surface area contributed by atoms with E-state index in [0.29, 0.717) is 0 Å². The summed E-state index contributed by atoms with van der Waals surface area (Å²) in [7, 11) is 0. The molecule has 0 aliphatic heterocycles. The van der Waals surface area contributed by atoms with E-state index >= 15 is 0 Å². The molecule has 27 heavy (non-hydrogen) atoms. The van der Waals surface area contributed by atoms with Crippen molar-refractivity contribution in [3.05, 3.63) is 102 Å². The van der Waals surface area contributed by atoms with Gasteiger partial charge in [-0.1, -0.05) is 97.1 Å². The van der Waals surface area contributed by atoms with Gasteiger partial charge in [0.05, 0.1) is 0 Å². The maximum atomic E-state index is 11.9. The monoisotopic (exact) mass is 357 g/mol. The van der Waals surface area contributed by atoms with E-state index in [1.54, 1.807) is 0 Å². The third kappa shape index (κ3) is 5.86. The van der Waals surface area contributed by atoms with Crippen molar-refractivity contribution in [3.63, 3.8) is 0 Å². The van der Waals surface area contributed by atoms with E-state index < -0.39 is 6.09 Å². The van der Waals surface area contributed by atoms with Crippen LogP contribution < -0.4 is 5.32 Å². The predicted octanol–water partition coefficient (Wildman–Crippen LogP) is 5.68. The highest BCUT2D eigenvalue weighted by molar-refractivity contribution is 5.68. The van der Waals surface area contributed by atoms with Crippen molar-refractivity contribution in [2.24, 2.45) is 0 Å². The summed E-state index contributed by atoms with van der Waals surface area (Å²) in [6.07, 6.45) is 3.52. The molecule has 3 heteroatoms. The average molecular weight is 357 g/mol. The number of ether oxygens (including phenoxy) is 1. The zero-order chi connectivity index (χ0) is 18.9. The number of carbonyl (C=O) groups is 1. The highest BCUT2D eigenvalue weighted by Gasteiger charge is 2.05. The standard InChI is InChI=1S/C24H23NO2/c1-19(25-24(26)27-18-21-8-4-2-5-9-21)12-13-20-14-16-23(17-15-20)22-10-6-3-7-11-22/h2-17,19H,18H2,1H3,(H,25,26)/b13-12+/t19-/m0/s1. The van der Waals surface area contributed by atoms with Crippen LogP contribution in [0.2, 0.25) is 0 Å². The Balaban J connectivity index is 1.49. The normalized spacial score (nSPS) is 11.9. The molecule has 1 atom stereocenters. The minimum atomic E-state index is -0.421. The van der Waals surface area contributed by atoms with Gasteiger partial charge in [0.1, 0.15) is 6.61 Å². The molecule has 0 unspecified atom stereocenters. The SMILES string of the molecule is C[C@@H](/C=C/c1ccc(-c2ccccc2)cc1)NC(=O)OCc1ccccc1. The van der Waals surface area contributed by atoms with Crippen molar-refractivity contribution in [2.45, 2.75) is 19.6 Å². The van der Waals surface area contributed by atoms with Crippen LogP contribution in [0.4, 0.5) is 4.79 Å². The number of hydrogen-bond donors (Lipinski definition) is 1. The molecule has 3 rings (SSSR count). The van der Waals surface area contributed by atoms with Gasteiger partial charge in [0.25, 0.3) is 0 Å². The topological polar surface area (TPSA) is 38.3 Å². The van der Waals surface area contributed by atoms with Crippen molar-refractivity contribution in [1.82, 2.24) is 5.32 Å². The lowest BCUT2D eigenvalue weighted by molar-refractivity contribution is 0.138. The molecule has 0 aliphatic rings. The van der Waals surface area contributed by atoms with Gasteiger partial charge in [0.15, 0.2) is 0 Å². The van der Waals surface area contributed by atoms with Crippen LogP contribution in [0.15, 0.2) is 91.0 Å². The molecule has 0 saturated heterocycles. The molecule has 3 aromatic carbocycles. The molecule has 1 amide bonds. The minimum Gasteiger partial charge on any atom is -0.445 e. The second-order valence-electron chi connectivity index (χ2n) is 6.34. The summed E-state index contributed by atoms with van der Waals surface area (Å²) in [6, 6.07) is 28.1. The molecule has 3 nitrogen and oxygen atoms in total. The van der Waals surface area contributed by atoms with E-state index in [9.17, 15) is 4.79 Å². The maximum Gasteiger partial charge on any atom is 0.407 e. The second-order valence-corrected chi connectivity index (χ2v) is 6.34. The van der Waals surface area contributed by atoms with E-state index in [2.05, 4.69) is 41.7 Å². The van der Waals surface area contributed by atoms with Crippen molar-refractivity contribution < 1.29 is 9.53 Å². The number of rotatable bonds is 6. The smallest absolute Gasteiger partial charge is 0.407 e. The first kappa shape index (κ1) is 18.5. The fraction of sp³-hybridized carbons (Fsp3) is 0.125. The van der Waals surface area contributed by atoms with Crippen molar-refractivity contribution >= 4 is 12.2 Å². The Morgan fingerprint density at radius 3 is 2.15 bits per heavy atom. The lowest BCUT2D eigenvalue weighted by Gasteiger charge is -2.10. The van der Waals surface area contributed by atoms with Crippen LogP contribution in [0.1, 0.15) is 18.1 Å². The molecule has 1 N–H and O–H groups in total. The molecule has 0 radical (unpaired) electrons. The van der Waals surface area contributed by atoms with Gasteiger partial charge in [0.2, 0.25) is 0 Å². The van der Waals surface area contributed by atoms with Crippen LogP contribution in [0.3, 0.4) is 0 Å². The Kier molecular flexibility index (Phi) is 6.42. The third-order valence-corrected chi connectivity index (χ3v) is 4.15. The van der Waals surface area contributed by atoms with Crippen LogP contribution in [-0.2, 0) is 11.3 Å². The Morgan fingerprint density at radius 1 is 0.889 bits per heavy atom. The van der Waals surface area contributed by atoms with Gasteiger partial charge in [-0.3, -0.25) is 0 Å². The van der Waals surface area contributed by atoms with Crippen LogP contribution in [0.25, 0.3) is 17.2 Å². The highest BCUT2D eigenvalue weighted by Crippen LogP contribution is 2.19. The molecular weight excluding hydrogens is 334 g/mol. The molecule has 0 saturated carbocycles. The van der Waals surface area contributed by atoms with E-state index in [-0.39, 0.29) is 12.6 Å². The molecule has 0 aromatic heterocycles. The minimum absolute atomic E-state index is 0.123. The van der Waals surface area contributed by atoms with Crippen molar-refractivity contribution in [3.8, 4) is 11.1 Å². The second kappa shape index (κ2) is 9.39. The van der Waals surface area contributed by atoms with Gasteiger partial charge in [-0.05, 0) is 29.2 Å². The third-order valence-electron chi connectivity index (χ3n) is 4.15. The molecular formula is C24H23NO2. The number of benzene rings is 3. The van der Waals surface area contributed by atoms with E-state index in [4.69, 9.17) is 4.74 Å². The van der Waals surface area contributed by atoms with Crippen LogP contribution in [-0.4, -0.2) is 12.1 Å². The number of alkyl carbamates (subject to hydrolysis) is 1. The van der Waals surface area contributed by atoms with E-state index in [1.165, 1.54) is 11.1 Å². The zero-order valence-electron chi connectivity index (χ0n) is 15.3. The molecule has 0 bridgehead atoms. The highest BCUT2D eigenvalue weighted by atomic mass is 16.5. The summed E-state index contributed by atoms with van der Waals surface area (Å²) in [5.74, 6) is 0. The summed E-state index contributed by atoms with van der Waals surface area (Å²) in [5, 5.41) is 2.81. The number of carbonyl (C=O) groups excluding carboxylic acids is 1. The largest absolute Gasteiger partial charge is 0.445 e. The molecule has 3 aromatic rings. The fourth-order valence-electron chi connectivity index (χ4n) is 2.67. The Bertz CT molecular complexity index is 871. The molecule has 0 aliphatic carbocycles. The first-order valence-electron chi connectivity index (χ1n) is 9.01. The summed E-state index contributed by atoms with van der Waals surface area (Å²) in [6.45, 7) is 2.18. The van der Waals surface area contributed by atoms with Crippen LogP contribution in [0, 0.1) is 0 Å². The quantitative estimate of drug-likeness (QED) is 0.616. The van der Waals surface area contributed by atoms with Gasteiger partial charge in [0, 0.05) is 6.04 Å². The maximum absolute atomic E-state index is 11.9. The van der Waals surface area contributed by atoms with Crippen LogP contribution in [0.5, 0.6) is 0 Å². The van der Waals surface area contributed by atoms with Crippen LogP contribution >= 0.6 is 0 Å². The van der Waals surface area contributed by atoms with Crippen molar-refractivity contribution in [2.75, 3.05) is 0 Å². The van der Waals surface area contributed by atoms with Gasteiger partial charge in [-0.2, -0.15) is 0 Å². The Morgan fingerprint density at radius 2 is 1.48 bits per heavy atom. The van der Waals surface area contributed by atoms with Gasteiger partial charge in [-0.25, -0.2) is 4.79 Å². The average Bonchev–Trinajstić information content (AvgIpc) is 2.72. The van der Waals surface area contributed by atoms with E-state index in [0.717, 1.165) is 11.1 Å². The summed E-state index contributed by atoms with van der Waals surface area (Å²) in [4.78, 5) is 11.9. The number of nitrogens with one attached hydrogen (secondary N) is 1. The first-order chi connectivity index (χ1) is 13.2. The van der Waals surface area contributed by atoms with Crippen molar-refractivity contribution in [1.29, 1.82) is 0 Å². The van der Waals surface area contributed by atoms with Gasteiger partial charge < -0.3 is 10.1 Å². The van der Waals surface area contributed by atoms with Gasteiger partial charge in [-0.15, -0.1) is 0 Å². The summed E-state index contributed by atoms with van der Waals surface area (Å²) in [5.41, 5.74) is 4.43. The lowest BCUT2D eigenvalue weighted by Crippen LogP contribution is -2.31.